The molecule has 0 spiro atoms. The molecular formula is C25H54N10. The van der Waals surface area contributed by atoms with Crippen LogP contribution in [0.25, 0.3) is 0 Å². The molecule has 204 valence electrons. The summed E-state index contributed by atoms with van der Waals surface area (Å²) >= 11 is 0. The highest BCUT2D eigenvalue weighted by Crippen LogP contribution is 2.14. The molecule has 0 saturated heterocycles. The minimum absolute atomic E-state index is 0.703. The van der Waals surface area contributed by atoms with Gasteiger partial charge in [0.15, 0.2) is 0 Å². The summed E-state index contributed by atoms with van der Waals surface area (Å²) in [4.78, 5) is 14.4. The Morgan fingerprint density at radius 3 is 1.37 bits per heavy atom. The largest absolute Gasteiger partial charge is 0.357 e. The average molecular weight is 495 g/mol. The average Bonchev–Trinajstić information content (AvgIpc) is 3.51. The predicted octanol–water partition coefficient (Wildman–Crippen LogP) is -0.579. The molecule has 0 unspecified atom stereocenters. The first-order valence-corrected chi connectivity index (χ1v) is 14.1. The van der Waals surface area contributed by atoms with Gasteiger partial charge in [-0.15, -0.1) is 0 Å². The fourth-order valence-electron chi connectivity index (χ4n) is 4.60. The third-order valence-electron chi connectivity index (χ3n) is 6.58. The lowest BCUT2D eigenvalue weighted by atomic mass is 10.1. The second kappa shape index (κ2) is 20.8. The molecule has 0 fully saturated rings. The van der Waals surface area contributed by atoms with Crippen LogP contribution in [0.5, 0.6) is 0 Å². The summed E-state index contributed by atoms with van der Waals surface area (Å²) < 4.78 is 0. The molecule has 8 N–H and O–H groups in total. The number of nitrogens with two attached hydrogens (primary N) is 2. The van der Waals surface area contributed by atoms with E-state index in [9.17, 15) is 0 Å². The van der Waals surface area contributed by atoms with Crippen LogP contribution in [0.4, 0.5) is 0 Å². The first-order chi connectivity index (χ1) is 17.3. The number of nitrogens with zero attached hydrogens (tertiary/aromatic N) is 4. The lowest BCUT2D eigenvalue weighted by molar-refractivity contribution is 0.431. The molecule has 2 aliphatic heterocycles. The summed E-state index contributed by atoms with van der Waals surface area (Å²) in [6, 6.07) is 0. The van der Waals surface area contributed by atoms with Gasteiger partial charge in [0, 0.05) is 104 Å². The summed E-state index contributed by atoms with van der Waals surface area (Å²) in [5, 5.41) is 13.6. The van der Waals surface area contributed by atoms with Gasteiger partial charge in [0.05, 0.1) is 24.8 Å². The molecule has 0 aromatic carbocycles. The van der Waals surface area contributed by atoms with Crippen molar-refractivity contribution in [3.63, 3.8) is 0 Å². The van der Waals surface area contributed by atoms with E-state index in [1.165, 1.54) is 43.8 Å². The number of nitrogens with one attached hydrogen (secondary N) is 4. The van der Waals surface area contributed by atoms with Gasteiger partial charge < -0.3 is 42.5 Å². The SMILES string of the molecule is NCCNCCNCCN1CCN=C1CCCCCCCC1=NCCN1CCNCCNCCN. The molecule has 0 aromatic rings. The number of aliphatic imine (C=N–C) groups is 2. The van der Waals surface area contributed by atoms with Crippen LogP contribution in [0, 0.1) is 0 Å². The van der Waals surface area contributed by atoms with Gasteiger partial charge >= 0.3 is 0 Å². The smallest absolute Gasteiger partial charge is 0.0990 e. The van der Waals surface area contributed by atoms with Crippen LogP contribution in [0.2, 0.25) is 0 Å². The van der Waals surface area contributed by atoms with Gasteiger partial charge in [0.2, 0.25) is 0 Å². The molecule has 35 heavy (non-hydrogen) atoms. The van der Waals surface area contributed by atoms with Crippen molar-refractivity contribution in [2.45, 2.75) is 44.9 Å². The highest BCUT2D eigenvalue weighted by atomic mass is 15.2. The topological polar surface area (TPSA) is 131 Å². The standard InChI is InChI=1S/C25H54N10/c26-8-10-28-12-14-30-16-20-34-22-18-32-24(34)6-4-2-1-3-5-7-25-33-19-23-35(25)21-17-31-15-13-29-11-9-27/h28-31H,1-23,26-27H2. The van der Waals surface area contributed by atoms with Crippen LogP contribution in [-0.2, 0) is 0 Å². The van der Waals surface area contributed by atoms with Crippen molar-refractivity contribution in [1.82, 2.24) is 31.1 Å². The van der Waals surface area contributed by atoms with Crippen LogP contribution in [0.1, 0.15) is 44.9 Å². The third kappa shape index (κ3) is 14.1. The fourth-order valence-corrected chi connectivity index (χ4v) is 4.60. The number of amidine groups is 2. The molecule has 0 aliphatic carbocycles. The summed E-state index contributed by atoms with van der Waals surface area (Å²) in [5.74, 6) is 2.65. The summed E-state index contributed by atoms with van der Waals surface area (Å²) in [6.07, 6.45) is 8.69. The van der Waals surface area contributed by atoms with E-state index >= 15 is 0 Å². The zero-order valence-electron chi connectivity index (χ0n) is 22.2. The quantitative estimate of drug-likeness (QED) is 0.0983. The van der Waals surface area contributed by atoms with Crippen LogP contribution in [0.3, 0.4) is 0 Å². The highest BCUT2D eigenvalue weighted by Gasteiger charge is 2.16. The normalized spacial score (nSPS) is 15.8. The Morgan fingerprint density at radius 1 is 0.543 bits per heavy atom. The Labute approximate surface area is 214 Å². The second-order valence-electron chi connectivity index (χ2n) is 9.42. The zero-order chi connectivity index (χ0) is 24.8. The molecular weight excluding hydrogens is 440 g/mol. The van der Waals surface area contributed by atoms with Gasteiger partial charge in [-0.05, 0) is 12.8 Å². The molecule has 0 radical (unpaired) electrons. The molecule has 0 atom stereocenters. The van der Waals surface area contributed by atoms with Crippen molar-refractivity contribution in [2.75, 3.05) is 105 Å². The molecule has 0 amide bonds. The van der Waals surface area contributed by atoms with E-state index < -0.39 is 0 Å². The monoisotopic (exact) mass is 494 g/mol. The van der Waals surface area contributed by atoms with Crippen LogP contribution in [-0.4, -0.2) is 126 Å². The van der Waals surface area contributed by atoms with E-state index in [-0.39, 0.29) is 0 Å². The van der Waals surface area contributed by atoms with Crippen molar-refractivity contribution >= 4 is 11.7 Å². The third-order valence-corrected chi connectivity index (χ3v) is 6.58. The molecule has 2 aliphatic rings. The molecule has 10 nitrogen and oxygen atoms in total. The predicted molar refractivity (Wildman–Crippen MR) is 150 cm³/mol. The minimum atomic E-state index is 0.703. The summed E-state index contributed by atoms with van der Waals surface area (Å²) in [5.41, 5.74) is 11.0. The molecule has 0 aromatic heterocycles. The van der Waals surface area contributed by atoms with E-state index in [0.717, 1.165) is 104 Å². The Bertz CT molecular complexity index is 520. The first kappa shape index (κ1) is 29.9. The maximum atomic E-state index is 5.49. The fraction of sp³-hybridized carbons (Fsp3) is 0.920. The molecule has 2 heterocycles. The summed E-state index contributed by atoms with van der Waals surface area (Å²) in [6.45, 7) is 15.4. The van der Waals surface area contributed by atoms with E-state index in [0.29, 0.717) is 13.1 Å². The molecule has 2 rings (SSSR count). The second-order valence-corrected chi connectivity index (χ2v) is 9.42. The molecule has 0 bridgehead atoms. The zero-order valence-corrected chi connectivity index (χ0v) is 22.2. The first-order valence-electron chi connectivity index (χ1n) is 14.1. The van der Waals surface area contributed by atoms with Gasteiger partial charge in [-0.25, -0.2) is 0 Å². The molecule has 0 saturated carbocycles. The lowest BCUT2D eigenvalue weighted by Gasteiger charge is -2.21. The van der Waals surface area contributed by atoms with E-state index in [2.05, 4.69) is 31.1 Å². The lowest BCUT2D eigenvalue weighted by Crippen LogP contribution is -2.37. The van der Waals surface area contributed by atoms with E-state index in [4.69, 9.17) is 21.5 Å². The number of hydrogen-bond donors (Lipinski definition) is 6. The Morgan fingerprint density at radius 2 is 0.943 bits per heavy atom. The van der Waals surface area contributed by atoms with Gasteiger partial charge in [0.1, 0.15) is 0 Å². The maximum absolute atomic E-state index is 5.49. The van der Waals surface area contributed by atoms with Gasteiger partial charge in [-0.2, -0.15) is 0 Å². The van der Waals surface area contributed by atoms with Gasteiger partial charge in [-0.3, -0.25) is 9.98 Å². The van der Waals surface area contributed by atoms with Gasteiger partial charge in [-0.1, -0.05) is 19.3 Å². The van der Waals surface area contributed by atoms with Crippen LogP contribution >= 0.6 is 0 Å². The van der Waals surface area contributed by atoms with E-state index in [1.807, 2.05) is 0 Å². The highest BCUT2D eigenvalue weighted by molar-refractivity contribution is 5.84. The van der Waals surface area contributed by atoms with Crippen molar-refractivity contribution in [3.05, 3.63) is 0 Å². The maximum Gasteiger partial charge on any atom is 0.0990 e. The van der Waals surface area contributed by atoms with Crippen LogP contribution in [0.15, 0.2) is 9.98 Å². The van der Waals surface area contributed by atoms with Crippen LogP contribution < -0.4 is 32.7 Å². The van der Waals surface area contributed by atoms with Crippen molar-refractivity contribution in [1.29, 1.82) is 0 Å². The van der Waals surface area contributed by atoms with Crippen molar-refractivity contribution in [2.24, 2.45) is 21.5 Å². The summed E-state index contributed by atoms with van der Waals surface area (Å²) in [7, 11) is 0. The molecule has 10 heteroatoms. The number of rotatable bonds is 24. The Balaban J connectivity index is 1.42. The van der Waals surface area contributed by atoms with Gasteiger partial charge in [0.25, 0.3) is 0 Å². The Kier molecular flexibility index (Phi) is 17.8. The van der Waals surface area contributed by atoms with Crippen molar-refractivity contribution < 1.29 is 0 Å². The van der Waals surface area contributed by atoms with E-state index in [1.54, 1.807) is 0 Å². The minimum Gasteiger partial charge on any atom is -0.357 e. The number of unbranched alkanes of at least 4 members (excludes halogenated alkanes) is 4. The Hall–Kier alpha value is -1.30. The van der Waals surface area contributed by atoms with Crippen molar-refractivity contribution in [3.8, 4) is 0 Å². The number of hydrogen-bond acceptors (Lipinski definition) is 10.